The lowest BCUT2D eigenvalue weighted by Gasteiger charge is -2.30. The quantitative estimate of drug-likeness (QED) is 0.903. The summed E-state index contributed by atoms with van der Waals surface area (Å²) < 4.78 is 0. The number of rotatable bonds is 2. The molecule has 3 atom stereocenters. The van der Waals surface area contributed by atoms with Crippen LogP contribution in [0.5, 0.6) is 0 Å². The number of nitrogens with two attached hydrogens (primary N) is 1. The van der Waals surface area contributed by atoms with Gasteiger partial charge in [0.2, 0.25) is 0 Å². The van der Waals surface area contributed by atoms with Gasteiger partial charge in [0.15, 0.2) is 0 Å². The highest BCUT2D eigenvalue weighted by molar-refractivity contribution is 5.63. The van der Waals surface area contributed by atoms with E-state index in [-0.39, 0.29) is 5.54 Å². The van der Waals surface area contributed by atoms with Crippen LogP contribution in [0.15, 0.2) is 42.7 Å². The van der Waals surface area contributed by atoms with Crippen molar-refractivity contribution in [2.24, 2.45) is 5.73 Å². The second-order valence-electron chi connectivity index (χ2n) is 7.97. The maximum Gasteiger partial charge on any atom is 0.0434 e. The van der Waals surface area contributed by atoms with Gasteiger partial charge in [-0.2, -0.15) is 0 Å². The molecule has 1 aromatic carbocycles. The molecule has 0 amide bonds. The van der Waals surface area contributed by atoms with Crippen molar-refractivity contribution in [1.82, 2.24) is 4.98 Å². The summed E-state index contributed by atoms with van der Waals surface area (Å²) in [6.07, 6.45) is 8.45. The highest BCUT2D eigenvalue weighted by atomic mass is 15.2. The van der Waals surface area contributed by atoms with E-state index >= 15 is 0 Å². The summed E-state index contributed by atoms with van der Waals surface area (Å²) in [6, 6.07) is 11.8. The molecule has 1 aliphatic heterocycles. The van der Waals surface area contributed by atoms with Crippen molar-refractivity contribution < 1.29 is 0 Å². The van der Waals surface area contributed by atoms with Gasteiger partial charge in [-0.3, -0.25) is 4.98 Å². The molecule has 1 unspecified atom stereocenters. The van der Waals surface area contributed by atoms with E-state index < -0.39 is 0 Å². The van der Waals surface area contributed by atoms with Crippen LogP contribution in [0.1, 0.15) is 55.2 Å². The molecule has 0 radical (unpaired) electrons. The third-order valence-corrected chi connectivity index (χ3v) is 5.79. The van der Waals surface area contributed by atoms with Crippen molar-refractivity contribution >= 4 is 5.69 Å². The van der Waals surface area contributed by atoms with E-state index in [2.05, 4.69) is 54.1 Å². The van der Waals surface area contributed by atoms with Crippen LogP contribution in [0.2, 0.25) is 0 Å². The first-order valence-corrected chi connectivity index (χ1v) is 9.08. The third kappa shape index (κ3) is 2.82. The zero-order valence-electron chi connectivity index (χ0n) is 14.7. The minimum atomic E-state index is -0.0485. The van der Waals surface area contributed by atoms with Crippen LogP contribution in [0, 0.1) is 6.92 Å². The molecule has 2 aliphatic rings. The summed E-state index contributed by atoms with van der Waals surface area (Å²) in [5, 5.41) is 0. The molecule has 2 aromatic rings. The van der Waals surface area contributed by atoms with Crippen molar-refractivity contribution in [2.75, 3.05) is 4.90 Å². The number of nitrogens with zero attached hydrogens (tertiary/aromatic N) is 2. The maximum absolute atomic E-state index is 6.60. The summed E-state index contributed by atoms with van der Waals surface area (Å²) in [7, 11) is 0. The smallest absolute Gasteiger partial charge is 0.0434 e. The molecular weight excluding hydrogens is 294 g/mol. The van der Waals surface area contributed by atoms with Crippen LogP contribution in [0.3, 0.4) is 0 Å². The van der Waals surface area contributed by atoms with E-state index in [0.29, 0.717) is 12.0 Å². The molecule has 24 heavy (non-hydrogen) atoms. The summed E-state index contributed by atoms with van der Waals surface area (Å²) in [6.45, 7) is 5.39. The lowest BCUT2D eigenvalue weighted by atomic mass is 9.83. The average Bonchev–Trinajstić information content (AvgIpc) is 2.71. The molecule has 3 nitrogen and oxygen atoms in total. The zero-order chi connectivity index (χ0) is 16.7. The first kappa shape index (κ1) is 15.6. The molecule has 3 heteroatoms. The van der Waals surface area contributed by atoms with E-state index in [4.69, 9.17) is 5.73 Å². The van der Waals surface area contributed by atoms with Crippen molar-refractivity contribution in [2.45, 2.75) is 63.6 Å². The minimum Gasteiger partial charge on any atom is -0.363 e. The molecule has 1 saturated carbocycles. The van der Waals surface area contributed by atoms with Gasteiger partial charge in [0, 0.05) is 42.1 Å². The summed E-state index contributed by atoms with van der Waals surface area (Å²) in [4.78, 5) is 6.78. The first-order chi connectivity index (χ1) is 11.5. The van der Waals surface area contributed by atoms with Crippen LogP contribution in [-0.2, 0) is 6.54 Å². The van der Waals surface area contributed by atoms with E-state index in [0.717, 1.165) is 19.4 Å². The largest absolute Gasteiger partial charge is 0.363 e. The number of anilines is 1. The van der Waals surface area contributed by atoms with Crippen molar-refractivity contribution in [3.05, 3.63) is 59.4 Å². The number of aryl methyl sites for hydroxylation is 1. The Balaban J connectivity index is 1.74. The molecule has 1 aromatic heterocycles. The van der Waals surface area contributed by atoms with Gasteiger partial charge in [-0.25, -0.2) is 0 Å². The fourth-order valence-corrected chi connectivity index (χ4v) is 4.65. The Morgan fingerprint density at radius 2 is 2.04 bits per heavy atom. The summed E-state index contributed by atoms with van der Waals surface area (Å²) in [5.41, 5.74) is 12.1. The molecule has 4 rings (SSSR count). The van der Waals surface area contributed by atoms with Gasteiger partial charge < -0.3 is 10.6 Å². The van der Waals surface area contributed by atoms with Crippen LogP contribution >= 0.6 is 0 Å². The number of aromatic nitrogens is 1. The molecule has 0 spiro atoms. The molecule has 2 N–H and O–H groups in total. The van der Waals surface area contributed by atoms with Gasteiger partial charge in [0.1, 0.15) is 0 Å². The van der Waals surface area contributed by atoms with Gasteiger partial charge in [-0.15, -0.1) is 0 Å². The van der Waals surface area contributed by atoms with Crippen molar-refractivity contribution in [3.8, 4) is 0 Å². The first-order valence-electron chi connectivity index (χ1n) is 9.08. The normalized spacial score (nSPS) is 29.0. The number of benzene rings is 1. The van der Waals surface area contributed by atoms with Crippen molar-refractivity contribution in [3.63, 3.8) is 0 Å². The Labute approximate surface area is 144 Å². The Morgan fingerprint density at radius 3 is 2.83 bits per heavy atom. The zero-order valence-corrected chi connectivity index (χ0v) is 14.7. The Bertz CT molecular complexity index is 723. The SMILES string of the molecule is Cc1ccc2c(c1)[C@H]1CC(C)(N)CCC[C@@H]1N2Cc1ccncc1. The van der Waals surface area contributed by atoms with Crippen LogP contribution in [0.25, 0.3) is 0 Å². The second-order valence-corrected chi connectivity index (χ2v) is 7.97. The Kier molecular flexibility index (Phi) is 3.84. The van der Waals surface area contributed by atoms with E-state index in [1.807, 2.05) is 12.4 Å². The van der Waals surface area contributed by atoms with Gasteiger partial charge >= 0.3 is 0 Å². The standard InChI is InChI=1S/C21H27N3/c1-15-5-6-20-17(12-15)18-13-21(2,22)9-3-4-19(18)24(20)14-16-7-10-23-11-8-16/h5-8,10-12,18-19H,3-4,9,13-14,22H2,1-2H3/t18-,19+,21?/m1/s1. The maximum atomic E-state index is 6.60. The molecule has 0 bridgehead atoms. The average molecular weight is 321 g/mol. The predicted molar refractivity (Wildman–Crippen MR) is 99.2 cm³/mol. The van der Waals surface area contributed by atoms with Gasteiger partial charge in [0.05, 0.1) is 0 Å². The van der Waals surface area contributed by atoms with Gasteiger partial charge in [-0.05, 0) is 68.9 Å². The molecule has 2 heterocycles. The fourth-order valence-electron chi connectivity index (χ4n) is 4.65. The highest BCUT2D eigenvalue weighted by Crippen LogP contribution is 2.49. The van der Waals surface area contributed by atoms with E-state index in [1.165, 1.54) is 35.2 Å². The molecule has 126 valence electrons. The number of hydrogen-bond donors (Lipinski definition) is 1. The Morgan fingerprint density at radius 1 is 1.25 bits per heavy atom. The lowest BCUT2D eigenvalue weighted by Crippen LogP contribution is -2.38. The third-order valence-electron chi connectivity index (χ3n) is 5.79. The predicted octanol–water partition coefficient (Wildman–Crippen LogP) is 4.15. The molecular formula is C21H27N3. The summed E-state index contributed by atoms with van der Waals surface area (Å²) in [5.74, 6) is 0.555. The van der Waals surface area contributed by atoms with Crippen molar-refractivity contribution in [1.29, 1.82) is 0 Å². The molecule has 1 aliphatic carbocycles. The topological polar surface area (TPSA) is 42.1 Å². The van der Waals surface area contributed by atoms with Gasteiger partial charge in [-0.1, -0.05) is 17.7 Å². The summed E-state index contributed by atoms with van der Waals surface area (Å²) >= 11 is 0. The monoisotopic (exact) mass is 321 g/mol. The van der Waals surface area contributed by atoms with E-state index in [9.17, 15) is 0 Å². The van der Waals surface area contributed by atoms with E-state index in [1.54, 1.807) is 0 Å². The van der Waals surface area contributed by atoms with Crippen LogP contribution in [-0.4, -0.2) is 16.6 Å². The van der Waals surface area contributed by atoms with Crippen LogP contribution in [0.4, 0.5) is 5.69 Å². The fraction of sp³-hybridized carbons (Fsp3) is 0.476. The lowest BCUT2D eigenvalue weighted by molar-refractivity contribution is 0.383. The molecule has 1 fully saturated rings. The van der Waals surface area contributed by atoms with Gasteiger partial charge in [0.25, 0.3) is 0 Å². The number of pyridine rings is 1. The Hall–Kier alpha value is -1.87. The molecule has 0 saturated heterocycles. The minimum absolute atomic E-state index is 0.0485. The number of fused-ring (bicyclic) bond motifs is 3. The van der Waals surface area contributed by atoms with Crippen LogP contribution < -0.4 is 10.6 Å². The highest BCUT2D eigenvalue weighted by Gasteiger charge is 2.42. The number of hydrogen-bond acceptors (Lipinski definition) is 3. The second kappa shape index (κ2) is 5.89.